The van der Waals surface area contributed by atoms with Crippen molar-refractivity contribution in [3.63, 3.8) is 0 Å². The number of sulfone groups is 2. The molecular weight excluding hydrogens is 692 g/mol. The van der Waals surface area contributed by atoms with E-state index in [1.54, 1.807) is 32.5 Å². The van der Waals surface area contributed by atoms with E-state index in [9.17, 15) is 21.6 Å². The van der Waals surface area contributed by atoms with Gasteiger partial charge in [0, 0.05) is 56.1 Å². The van der Waals surface area contributed by atoms with Gasteiger partial charge >= 0.3 is 0 Å². The van der Waals surface area contributed by atoms with Crippen molar-refractivity contribution in [3.05, 3.63) is 45.4 Å². The summed E-state index contributed by atoms with van der Waals surface area (Å²) in [6, 6.07) is 3.46. The average Bonchev–Trinajstić information content (AvgIpc) is 3.23. The third kappa shape index (κ3) is 13.2. The Balaban J connectivity index is 0.000000309. The SMILES string of the molecule is COc1cc(N)ncc1Br.COc1cc2nc(CCS(C)(=O)=O)cn2cc1Br.CS(=O)(=O)CCC(=O)CCl. The number of carbonyl (C=O) groups excluding carboxylic acids is 1. The van der Waals surface area contributed by atoms with Crippen molar-refractivity contribution in [2.75, 3.05) is 49.9 Å². The monoisotopic (exact) mass is 718 g/mol. The lowest BCUT2D eigenvalue weighted by atomic mass is 10.3. The van der Waals surface area contributed by atoms with E-state index in [1.807, 2.05) is 16.8 Å². The number of aromatic nitrogens is 3. The number of alkyl halides is 1. The van der Waals surface area contributed by atoms with Gasteiger partial charge in [0.15, 0.2) is 0 Å². The van der Waals surface area contributed by atoms with Gasteiger partial charge < -0.3 is 19.6 Å². The molecule has 0 aliphatic carbocycles. The summed E-state index contributed by atoms with van der Waals surface area (Å²) in [6.07, 6.45) is 8.03. The van der Waals surface area contributed by atoms with Gasteiger partial charge in [0.25, 0.3) is 0 Å². The zero-order valence-electron chi connectivity index (χ0n) is 21.1. The molecule has 0 radical (unpaired) electrons. The maximum atomic E-state index is 11.1. The van der Waals surface area contributed by atoms with Crippen molar-refractivity contribution in [1.82, 2.24) is 14.4 Å². The minimum Gasteiger partial charge on any atom is -0.495 e. The van der Waals surface area contributed by atoms with Crippen LogP contribution in [0.1, 0.15) is 12.1 Å². The molecule has 0 atom stereocenters. The number of fused-ring (bicyclic) bond motifs is 1. The fourth-order valence-electron chi connectivity index (χ4n) is 2.57. The van der Waals surface area contributed by atoms with Crippen molar-refractivity contribution in [3.8, 4) is 11.5 Å². The summed E-state index contributed by atoms with van der Waals surface area (Å²) in [7, 11) is -2.80. The number of methoxy groups -OCH3 is 2. The van der Waals surface area contributed by atoms with E-state index in [4.69, 9.17) is 26.8 Å². The molecule has 0 aliphatic heterocycles. The number of nitrogens with two attached hydrogens (primary N) is 1. The highest BCUT2D eigenvalue weighted by atomic mass is 79.9. The Hall–Kier alpha value is -1.94. The van der Waals surface area contributed by atoms with E-state index < -0.39 is 19.7 Å². The summed E-state index contributed by atoms with van der Waals surface area (Å²) in [4.78, 5) is 18.7. The second-order valence-corrected chi connectivity index (χ2v) is 14.4. The van der Waals surface area contributed by atoms with E-state index >= 15 is 0 Å². The van der Waals surface area contributed by atoms with Crippen LogP contribution in [0.25, 0.3) is 5.65 Å². The molecule has 0 fully saturated rings. The molecule has 0 bridgehead atoms. The fraction of sp³-hybridized carbons (Fsp3) is 0.409. The third-order valence-corrected chi connectivity index (χ3v) is 7.85. The normalized spacial score (nSPS) is 11.1. The van der Waals surface area contributed by atoms with E-state index in [2.05, 4.69) is 41.8 Å². The van der Waals surface area contributed by atoms with E-state index in [0.29, 0.717) is 23.7 Å². The molecular formula is C22H29Br2ClN4O7S2. The maximum absolute atomic E-state index is 11.1. The first kappa shape index (κ1) is 34.1. The Morgan fingerprint density at radius 1 is 1.00 bits per heavy atom. The number of hydrogen-bond donors (Lipinski definition) is 1. The lowest BCUT2D eigenvalue weighted by Crippen LogP contribution is -2.09. The van der Waals surface area contributed by atoms with Gasteiger partial charge in [-0.15, -0.1) is 11.6 Å². The smallest absolute Gasteiger partial charge is 0.148 e. The number of Topliss-reactive ketones (excluding diaryl/α,β-unsaturated/α-hetero) is 1. The van der Waals surface area contributed by atoms with Crippen LogP contribution in [-0.2, 0) is 30.9 Å². The van der Waals surface area contributed by atoms with Crippen LogP contribution in [0.15, 0.2) is 39.7 Å². The Bertz CT molecular complexity index is 1450. The highest BCUT2D eigenvalue weighted by Gasteiger charge is 2.09. The molecule has 0 amide bonds. The van der Waals surface area contributed by atoms with Crippen LogP contribution in [0.2, 0.25) is 0 Å². The molecule has 3 aromatic rings. The molecule has 0 aromatic carbocycles. The van der Waals surface area contributed by atoms with Crippen molar-refractivity contribution in [2.24, 2.45) is 0 Å². The molecule has 2 N–H and O–H groups in total. The van der Waals surface area contributed by atoms with Gasteiger partial charge in [0.1, 0.15) is 48.4 Å². The number of halogens is 3. The standard InChI is InChI=1S/C11H13BrN2O3S.C6H7BrN2O.C5H9ClO3S/c1-17-10-5-11-13-8(3-4-18(2,15)16)6-14(11)7-9(10)12;1-10-5-2-6(8)9-3-4(5)7;1-10(8,9)3-2-5(7)4-6/h5-7H,3-4H2,1-2H3;2-3H,1H3,(H2,8,9);2-4H2,1H3. The zero-order chi connectivity index (χ0) is 29.1. The number of ether oxygens (including phenoxy) is 2. The third-order valence-electron chi connectivity index (χ3n) is 4.47. The Kier molecular flexibility index (Phi) is 14.0. The highest BCUT2D eigenvalue weighted by molar-refractivity contribution is 9.10. The molecule has 0 saturated carbocycles. The topological polar surface area (TPSA) is 160 Å². The minimum atomic E-state index is -3.01. The second-order valence-electron chi connectivity index (χ2n) is 7.86. The first-order chi connectivity index (χ1) is 17.6. The van der Waals surface area contributed by atoms with Gasteiger partial charge in [0.05, 0.1) is 46.2 Å². The molecule has 11 nitrogen and oxygen atoms in total. The number of rotatable bonds is 9. The van der Waals surface area contributed by atoms with Crippen LogP contribution in [0.4, 0.5) is 5.82 Å². The van der Waals surface area contributed by atoms with Crippen LogP contribution < -0.4 is 15.2 Å². The molecule has 0 spiro atoms. The number of pyridine rings is 2. The van der Waals surface area contributed by atoms with Crippen molar-refractivity contribution in [1.29, 1.82) is 0 Å². The van der Waals surface area contributed by atoms with Crippen LogP contribution in [0.3, 0.4) is 0 Å². The molecule has 3 aromatic heterocycles. The van der Waals surface area contributed by atoms with Crippen molar-refractivity contribution < 1.29 is 31.1 Å². The number of ketones is 1. The molecule has 0 unspecified atom stereocenters. The quantitative estimate of drug-likeness (QED) is 0.325. The summed E-state index contributed by atoms with van der Waals surface area (Å²) in [6.45, 7) is 0. The minimum absolute atomic E-state index is 0.0301. The average molecular weight is 721 g/mol. The molecule has 0 aliphatic rings. The summed E-state index contributed by atoms with van der Waals surface area (Å²) in [5, 5.41) is 0. The van der Waals surface area contributed by atoms with E-state index in [-0.39, 0.29) is 29.6 Å². The summed E-state index contributed by atoms with van der Waals surface area (Å²) in [5.74, 6) is 1.53. The predicted octanol–water partition coefficient (Wildman–Crippen LogP) is 3.36. The van der Waals surface area contributed by atoms with Crippen molar-refractivity contribution >= 4 is 80.4 Å². The number of nitrogen functional groups attached to an aromatic ring is 1. The van der Waals surface area contributed by atoms with E-state index in [0.717, 1.165) is 26.5 Å². The number of nitrogens with zero attached hydrogens (tertiary/aromatic N) is 3. The van der Waals surface area contributed by atoms with Crippen LogP contribution >= 0.6 is 43.5 Å². The lowest BCUT2D eigenvalue weighted by Gasteiger charge is -2.02. The molecule has 0 saturated heterocycles. The van der Waals surface area contributed by atoms with Gasteiger partial charge in [-0.05, 0) is 31.9 Å². The lowest BCUT2D eigenvalue weighted by molar-refractivity contribution is -0.116. The number of carbonyl (C=O) groups is 1. The molecule has 16 heteroatoms. The summed E-state index contributed by atoms with van der Waals surface area (Å²) < 4.78 is 56.7. The van der Waals surface area contributed by atoms with Crippen LogP contribution in [-0.4, -0.2) is 81.1 Å². The Morgan fingerprint density at radius 3 is 2.08 bits per heavy atom. The highest BCUT2D eigenvalue weighted by Crippen LogP contribution is 2.26. The number of hydrogen-bond acceptors (Lipinski definition) is 10. The maximum Gasteiger partial charge on any atom is 0.148 e. The number of anilines is 1. The number of imidazole rings is 1. The molecule has 38 heavy (non-hydrogen) atoms. The first-order valence-electron chi connectivity index (χ1n) is 10.7. The van der Waals surface area contributed by atoms with Gasteiger partial charge in [-0.1, -0.05) is 0 Å². The first-order valence-corrected chi connectivity index (χ1v) is 16.9. The summed E-state index contributed by atoms with van der Waals surface area (Å²) in [5.41, 5.74) is 6.88. The van der Waals surface area contributed by atoms with Gasteiger partial charge in [-0.2, -0.15) is 0 Å². The molecule has 3 heterocycles. The van der Waals surface area contributed by atoms with Crippen LogP contribution in [0, 0.1) is 0 Å². The predicted molar refractivity (Wildman–Crippen MR) is 156 cm³/mol. The second kappa shape index (κ2) is 15.6. The fourth-order valence-corrected chi connectivity index (χ4v) is 4.75. The van der Waals surface area contributed by atoms with Crippen LogP contribution in [0.5, 0.6) is 11.5 Å². The number of aryl methyl sites for hydroxylation is 1. The largest absolute Gasteiger partial charge is 0.495 e. The summed E-state index contributed by atoms with van der Waals surface area (Å²) >= 11 is 11.8. The Labute approximate surface area is 244 Å². The Morgan fingerprint density at radius 2 is 1.58 bits per heavy atom. The van der Waals surface area contributed by atoms with E-state index in [1.165, 1.54) is 6.26 Å². The molecule has 212 valence electrons. The van der Waals surface area contributed by atoms with Gasteiger partial charge in [-0.3, -0.25) is 4.79 Å². The van der Waals surface area contributed by atoms with Gasteiger partial charge in [0.2, 0.25) is 0 Å². The zero-order valence-corrected chi connectivity index (χ0v) is 26.7. The van der Waals surface area contributed by atoms with Gasteiger partial charge in [-0.25, -0.2) is 26.8 Å². The molecule has 3 rings (SSSR count). The van der Waals surface area contributed by atoms with Crippen molar-refractivity contribution in [2.45, 2.75) is 12.8 Å².